The first-order valence-electron chi connectivity index (χ1n) is 5.68. The summed E-state index contributed by atoms with van der Waals surface area (Å²) in [6, 6.07) is 0. The van der Waals surface area contributed by atoms with Crippen molar-refractivity contribution in [2.75, 3.05) is 0 Å². The zero-order chi connectivity index (χ0) is 11.5. The van der Waals surface area contributed by atoms with Crippen LogP contribution in [0.1, 0.15) is 43.0 Å². The number of hydrogen-bond acceptors (Lipinski definition) is 3. The Bertz CT molecular complexity index is 367. The Balaban J connectivity index is 1.99. The van der Waals surface area contributed by atoms with Crippen LogP contribution >= 0.6 is 0 Å². The molecule has 86 valence electrons. The summed E-state index contributed by atoms with van der Waals surface area (Å²) in [7, 11) is 0. The summed E-state index contributed by atoms with van der Waals surface area (Å²) in [4.78, 5) is 19.2. The highest BCUT2D eigenvalue weighted by Gasteiger charge is 2.26. The van der Waals surface area contributed by atoms with E-state index in [1.165, 1.54) is 0 Å². The molecule has 1 aliphatic carbocycles. The lowest BCUT2D eigenvalue weighted by atomic mass is 9.79. The van der Waals surface area contributed by atoms with E-state index in [-0.39, 0.29) is 5.92 Å². The van der Waals surface area contributed by atoms with E-state index in [1.807, 2.05) is 19.3 Å². The molecule has 1 aliphatic rings. The normalized spacial score (nSPS) is 25.3. The van der Waals surface area contributed by atoms with E-state index in [4.69, 9.17) is 5.11 Å². The predicted octanol–water partition coefficient (Wildman–Crippen LogP) is 2.14. The van der Waals surface area contributed by atoms with Crippen LogP contribution in [0.2, 0.25) is 0 Å². The van der Waals surface area contributed by atoms with E-state index in [2.05, 4.69) is 9.97 Å². The highest BCUT2D eigenvalue weighted by atomic mass is 16.4. The highest BCUT2D eigenvalue weighted by molar-refractivity contribution is 5.70. The molecular formula is C12H16N2O2. The summed E-state index contributed by atoms with van der Waals surface area (Å²) < 4.78 is 0. The molecule has 0 saturated heterocycles. The third-order valence-electron chi connectivity index (χ3n) is 3.35. The number of aromatic nitrogens is 2. The lowest BCUT2D eigenvalue weighted by Crippen LogP contribution is -2.20. The van der Waals surface area contributed by atoms with Gasteiger partial charge in [-0.3, -0.25) is 4.79 Å². The molecule has 4 nitrogen and oxygen atoms in total. The van der Waals surface area contributed by atoms with Crippen LogP contribution < -0.4 is 0 Å². The highest BCUT2D eigenvalue weighted by Crippen LogP contribution is 2.35. The molecule has 0 unspecified atom stereocenters. The van der Waals surface area contributed by atoms with E-state index in [0.29, 0.717) is 5.92 Å². The molecule has 2 rings (SSSR count). The van der Waals surface area contributed by atoms with Crippen LogP contribution in [0.3, 0.4) is 0 Å². The monoisotopic (exact) mass is 220 g/mol. The van der Waals surface area contributed by atoms with Crippen LogP contribution in [-0.4, -0.2) is 21.0 Å². The van der Waals surface area contributed by atoms with Crippen LogP contribution in [-0.2, 0) is 4.79 Å². The number of carbonyl (C=O) groups is 1. The SMILES string of the molecule is Cc1ncc(C2CCC(C(=O)O)CC2)cn1. The number of carboxylic acids is 1. The molecule has 1 fully saturated rings. The molecule has 0 radical (unpaired) electrons. The van der Waals surface area contributed by atoms with Crippen molar-refractivity contribution < 1.29 is 9.90 Å². The molecule has 1 aromatic rings. The van der Waals surface area contributed by atoms with Crippen LogP contribution in [0.4, 0.5) is 0 Å². The van der Waals surface area contributed by atoms with Crippen molar-refractivity contribution in [2.45, 2.75) is 38.5 Å². The first-order chi connectivity index (χ1) is 7.66. The number of aliphatic carboxylic acids is 1. The Hall–Kier alpha value is -1.45. The zero-order valence-electron chi connectivity index (χ0n) is 9.39. The van der Waals surface area contributed by atoms with Crippen molar-refractivity contribution in [3.63, 3.8) is 0 Å². The topological polar surface area (TPSA) is 63.1 Å². The van der Waals surface area contributed by atoms with Gasteiger partial charge in [-0.1, -0.05) is 0 Å². The Morgan fingerprint density at radius 1 is 1.25 bits per heavy atom. The molecule has 1 N–H and O–H groups in total. The maximum absolute atomic E-state index is 10.8. The van der Waals surface area contributed by atoms with E-state index in [1.54, 1.807) is 0 Å². The fraction of sp³-hybridized carbons (Fsp3) is 0.583. The van der Waals surface area contributed by atoms with Gasteiger partial charge in [0.15, 0.2) is 0 Å². The maximum Gasteiger partial charge on any atom is 0.306 e. The summed E-state index contributed by atoms with van der Waals surface area (Å²) in [5, 5.41) is 8.91. The first-order valence-corrected chi connectivity index (χ1v) is 5.68. The molecule has 0 amide bonds. The number of hydrogen-bond donors (Lipinski definition) is 1. The van der Waals surface area contributed by atoms with Crippen molar-refractivity contribution in [1.29, 1.82) is 0 Å². The van der Waals surface area contributed by atoms with Gasteiger partial charge in [0, 0.05) is 12.4 Å². The van der Waals surface area contributed by atoms with Gasteiger partial charge in [0.1, 0.15) is 5.82 Å². The second-order valence-electron chi connectivity index (χ2n) is 4.45. The van der Waals surface area contributed by atoms with Gasteiger partial charge in [0.25, 0.3) is 0 Å². The number of nitrogens with zero attached hydrogens (tertiary/aromatic N) is 2. The Morgan fingerprint density at radius 2 is 1.81 bits per heavy atom. The molecule has 0 atom stereocenters. The molecule has 0 aromatic carbocycles. The first kappa shape index (κ1) is 11.0. The van der Waals surface area contributed by atoms with E-state index in [0.717, 1.165) is 37.1 Å². The minimum atomic E-state index is -0.654. The van der Waals surface area contributed by atoms with Gasteiger partial charge in [-0.2, -0.15) is 0 Å². The summed E-state index contributed by atoms with van der Waals surface area (Å²) in [5.41, 5.74) is 1.15. The molecule has 0 spiro atoms. The molecule has 1 heterocycles. The van der Waals surface area contributed by atoms with Gasteiger partial charge in [-0.15, -0.1) is 0 Å². The molecule has 4 heteroatoms. The van der Waals surface area contributed by atoms with Crippen LogP contribution in [0.15, 0.2) is 12.4 Å². The van der Waals surface area contributed by atoms with E-state index < -0.39 is 5.97 Å². The van der Waals surface area contributed by atoms with Gasteiger partial charge in [0.2, 0.25) is 0 Å². The van der Waals surface area contributed by atoms with Gasteiger partial charge < -0.3 is 5.11 Å². The second-order valence-corrected chi connectivity index (χ2v) is 4.45. The van der Waals surface area contributed by atoms with E-state index >= 15 is 0 Å². The molecule has 1 aromatic heterocycles. The van der Waals surface area contributed by atoms with Crippen LogP contribution in [0.5, 0.6) is 0 Å². The third-order valence-corrected chi connectivity index (χ3v) is 3.35. The maximum atomic E-state index is 10.8. The lowest BCUT2D eigenvalue weighted by Gasteiger charge is -2.25. The van der Waals surface area contributed by atoms with Crippen LogP contribution in [0, 0.1) is 12.8 Å². The van der Waals surface area contributed by atoms with Gasteiger partial charge >= 0.3 is 5.97 Å². The van der Waals surface area contributed by atoms with Crippen LogP contribution in [0.25, 0.3) is 0 Å². The summed E-state index contributed by atoms with van der Waals surface area (Å²) in [6.07, 6.45) is 7.15. The molecule has 0 aliphatic heterocycles. The van der Waals surface area contributed by atoms with Crippen molar-refractivity contribution in [3.8, 4) is 0 Å². The predicted molar refractivity (Wildman–Crippen MR) is 59.1 cm³/mol. The molecular weight excluding hydrogens is 204 g/mol. The third kappa shape index (κ3) is 2.38. The van der Waals surface area contributed by atoms with Crippen molar-refractivity contribution >= 4 is 5.97 Å². The average Bonchev–Trinajstić information content (AvgIpc) is 2.30. The zero-order valence-corrected chi connectivity index (χ0v) is 9.39. The summed E-state index contributed by atoms with van der Waals surface area (Å²) in [5.74, 6) is 0.417. The van der Waals surface area contributed by atoms with Gasteiger partial charge in [0.05, 0.1) is 5.92 Å². The minimum Gasteiger partial charge on any atom is -0.481 e. The largest absolute Gasteiger partial charge is 0.481 e. The van der Waals surface area contributed by atoms with Gasteiger partial charge in [-0.05, 0) is 44.1 Å². The molecule has 16 heavy (non-hydrogen) atoms. The Morgan fingerprint density at radius 3 is 2.31 bits per heavy atom. The fourth-order valence-corrected chi connectivity index (χ4v) is 2.29. The Kier molecular flexibility index (Phi) is 3.17. The minimum absolute atomic E-state index is 0.150. The second kappa shape index (κ2) is 4.60. The van der Waals surface area contributed by atoms with E-state index in [9.17, 15) is 4.79 Å². The van der Waals surface area contributed by atoms with Crippen molar-refractivity contribution in [1.82, 2.24) is 9.97 Å². The molecule has 0 bridgehead atoms. The number of rotatable bonds is 2. The fourth-order valence-electron chi connectivity index (χ4n) is 2.29. The van der Waals surface area contributed by atoms with Crippen molar-refractivity contribution in [3.05, 3.63) is 23.8 Å². The summed E-state index contributed by atoms with van der Waals surface area (Å²) in [6.45, 7) is 1.87. The smallest absolute Gasteiger partial charge is 0.306 e. The lowest BCUT2D eigenvalue weighted by molar-refractivity contribution is -0.142. The number of aryl methyl sites for hydroxylation is 1. The van der Waals surface area contributed by atoms with Gasteiger partial charge in [-0.25, -0.2) is 9.97 Å². The quantitative estimate of drug-likeness (QED) is 0.829. The Labute approximate surface area is 94.7 Å². The molecule has 1 saturated carbocycles. The summed E-state index contributed by atoms with van der Waals surface area (Å²) >= 11 is 0. The average molecular weight is 220 g/mol. The van der Waals surface area contributed by atoms with Crippen molar-refractivity contribution in [2.24, 2.45) is 5.92 Å². The standard InChI is InChI=1S/C12H16N2O2/c1-8-13-6-11(7-14-8)9-2-4-10(5-3-9)12(15)16/h6-7,9-10H,2-5H2,1H3,(H,15,16). The number of carboxylic acid groups (broad SMARTS) is 1.